The summed E-state index contributed by atoms with van der Waals surface area (Å²) in [6.07, 6.45) is 3.23. The highest BCUT2D eigenvalue weighted by Gasteiger charge is 2.13. The van der Waals surface area contributed by atoms with Crippen LogP contribution in [-0.2, 0) is 19.4 Å². The van der Waals surface area contributed by atoms with Gasteiger partial charge >= 0.3 is 5.69 Å². The average Bonchev–Trinajstić information content (AvgIpc) is 3.17. The molecule has 0 bridgehead atoms. The second-order valence-electron chi connectivity index (χ2n) is 8.60. The van der Waals surface area contributed by atoms with Crippen LogP contribution >= 0.6 is 0 Å². The van der Waals surface area contributed by atoms with Crippen LogP contribution < -0.4 is 16.2 Å². The van der Waals surface area contributed by atoms with Gasteiger partial charge in [0.15, 0.2) is 11.5 Å². The molecule has 35 heavy (non-hydrogen) atoms. The zero-order valence-corrected chi connectivity index (χ0v) is 19.6. The van der Waals surface area contributed by atoms with Gasteiger partial charge in [-0.1, -0.05) is 54.6 Å². The number of rotatable bonds is 8. The zero-order valence-electron chi connectivity index (χ0n) is 19.6. The number of imidazole rings is 1. The number of aryl methyl sites for hydroxylation is 3. The molecular formula is C28H27N5O2. The van der Waals surface area contributed by atoms with E-state index < -0.39 is 0 Å². The Balaban J connectivity index is 1.20. The number of hydrogen-bond donors (Lipinski definition) is 2. The van der Waals surface area contributed by atoms with Crippen molar-refractivity contribution in [1.82, 2.24) is 19.5 Å². The zero-order chi connectivity index (χ0) is 24.2. The standard InChI is InChI=1S/C28H27N5O2/c1-19-30-26(29)25-27(31-19)33(28(34)32-25)18-22-12-16-24(17-13-22)35-23-14-10-21(11-15-23)9-5-8-20-6-3-2-4-7-20/h2-4,6-7,10-17H,5,8-9,18H2,1H3,(H,32,34)(H2,29,30,31). The summed E-state index contributed by atoms with van der Waals surface area (Å²) < 4.78 is 7.57. The van der Waals surface area contributed by atoms with Crippen molar-refractivity contribution in [2.45, 2.75) is 32.7 Å². The van der Waals surface area contributed by atoms with Crippen molar-refractivity contribution in [3.63, 3.8) is 0 Å². The van der Waals surface area contributed by atoms with Crippen LogP contribution in [0, 0.1) is 6.92 Å². The molecule has 5 rings (SSSR count). The van der Waals surface area contributed by atoms with E-state index in [0.29, 0.717) is 23.5 Å². The molecule has 0 saturated heterocycles. The summed E-state index contributed by atoms with van der Waals surface area (Å²) in [6.45, 7) is 2.12. The fourth-order valence-electron chi connectivity index (χ4n) is 4.16. The first kappa shape index (κ1) is 22.4. The number of anilines is 1. The third kappa shape index (κ3) is 5.24. The number of aromatic amines is 1. The van der Waals surface area contributed by atoms with E-state index in [1.165, 1.54) is 11.1 Å². The maximum absolute atomic E-state index is 12.4. The van der Waals surface area contributed by atoms with Crippen molar-refractivity contribution in [1.29, 1.82) is 0 Å². The van der Waals surface area contributed by atoms with Gasteiger partial charge < -0.3 is 15.5 Å². The Kier molecular flexibility index (Phi) is 6.30. The van der Waals surface area contributed by atoms with Crippen LogP contribution in [0.4, 0.5) is 5.82 Å². The van der Waals surface area contributed by atoms with E-state index in [4.69, 9.17) is 10.5 Å². The van der Waals surface area contributed by atoms with Crippen LogP contribution in [0.2, 0.25) is 0 Å². The van der Waals surface area contributed by atoms with Gasteiger partial charge in [0.05, 0.1) is 6.54 Å². The highest BCUT2D eigenvalue weighted by Crippen LogP contribution is 2.23. The van der Waals surface area contributed by atoms with Gasteiger partial charge in [0.1, 0.15) is 22.8 Å². The summed E-state index contributed by atoms with van der Waals surface area (Å²) >= 11 is 0. The molecule has 0 spiro atoms. The fraction of sp³-hybridized carbons (Fsp3) is 0.179. The van der Waals surface area contributed by atoms with Gasteiger partial charge in [-0.25, -0.2) is 14.8 Å². The Hall–Kier alpha value is -4.39. The van der Waals surface area contributed by atoms with Crippen LogP contribution in [0.25, 0.3) is 11.2 Å². The molecule has 0 radical (unpaired) electrons. The van der Waals surface area contributed by atoms with Crippen molar-refractivity contribution in [2.24, 2.45) is 0 Å². The molecule has 0 aliphatic heterocycles. The van der Waals surface area contributed by atoms with E-state index in [-0.39, 0.29) is 11.5 Å². The smallest absolute Gasteiger partial charge is 0.328 e. The third-order valence-electron chi connectivity index (χ3n) is 5.96. The van der Waals surface area contributed by atoms with E-state index >= 15 is 0 Å². The molecule has 2 heterocycles. The van der Waals surface area contributed by atoms with Gasteiger partial charge in [0.2, 0.25) is 0 Å². The number of H-pyrrole nitrogens is 1. The fourth-order valence-corrected chi connectivity index (χ4v) is 4.16. The number of hydrogen-bond acceptors (Lipinski definition) is 5. The lowest BCUT2D eigenvalue weighted by Crippen LogP contribution is -2.17. The number of nitrogens with zero attached hydrogens (tertiary/aromatic N) is 3. The SMILES string of the molecule is Cc1nc(N)c2[nH]c(=O)n(Cc3ccc(Oc4ccc(CCCc5ccccc5)cc4)cc3)c2n1. The topological polar surface area (TPSA) is 98.8 Å². The lowest BCUT2D eigenvalue weighted by atomic mass is 10.0. The predicted molar refractivity (Wildman–Crippen MR) is 138 cm³/mol. The molecule has 176 valence electrons. The van der Waals surface area contributed by atoms with Crippen molar-refractivity contribution in [3.8, 4) is 11.5 Å². The van der Waals surface area contributed by atoms with Gasteiger partial charge in [-0.05, 0) is 67.1 Å². The van der Waals surface area contributed by atoms with Crippen molar-refractivity contribution in [2.75, 3.05) is 5.73 Å². The number of ether oxygens (including phenoxy) is 1. The molecule has 0 unspecified atom stereocenters. The summed E-state index contributed by atoms with van der Waals surface area (Å²) in [7, 11) is 0. The van der Waals surface area contributed by atoms with Crippen molar-refractivity contribution < 1.29 is 4.74 Å². The predicted octanol–water partition coefficient (Wildman–Crippen LogP) is 5.03. The van der Waals surface area contributed by atoms with Crippen LogP contribution in [-0.4, -0.2) is 19.5 Å². The number of fused-ring (bicyclic) bond motifs is 1. The number of benzene rings is 3. The van der Waals surface area contributed by atoms with Crippen molar-refractivity contribution in [3.05, 3.63) is 112 Å². The highest BCUT2D eigenvalue weighted by molar-refractivity contribution is 5.81. The van der Waals surface area contributed by atoms with Gasteiger partial charge in [-0.3, -0.25) is 4.57 Å². The highest BCUT2D eigenvalue weighted by atomic mass is 16.5. The van der Waals surface area contributed by atoms with E-state index in [0.717, 1.165) is 36.3 Å². The number of nitrogens with one attached hydrogen (secondary N) is 1. The Morgan fingerprint density at radius 2 is 1.43 bits per heavy atom. The molecular weight excluding hydrogens is 438 g/mol. The second kappa shape index (κ2) is 9.85. The molecule has 0 aliphatic rings. The Morgan fingerprint density at radius 1 is 0.829 bits per heavy atom. The van der Waals surface area contributed by atoms with E-state index in [1.54, 1.807) is 11.5 Å². The Bertz CT molecular complexity index is 1490. The molecule has 2 aromatic heterocycles. The Labute approximate surface area is 203 Å². The molecule has 7 nitrogen and oxygen atoms in total. The van der Waals surface area contributed by atoms with Crippen LogP contribution in [0.15, 0.2) is 83.7 Å². The molecule has 0 aliphatic carbocycles. The summed E-state index contributed by atoms with van der Waals surface area (Å²) in [4.78, 5) is 23.7. The lowest BCUT2D eigenvalue weighted by Gasteiger charge is -2.09. The molecule has 3 N–H and O–H groups in total. The minimum Gasteiger partial charge on any atom is -0.457 e. The van der Waals surface area contributed by atoms with E-state index in [2.05, 4.69) is 51.4 Å². The summed E-state index contributed by atoms with van der Waals surface area (Å²) in [6, 6.07) is 26.5. The summed E-state index contributed by atoms with van der Waals surface area (Å²) in [5.74, 6) is 2.32. The molecule has 0 amide bonds. The van der Waals surface area contributed by atoms with Gasteiger partial charge in [0.25, 0.3) is 0 Å². The van der Waals surface area contributed by atoms with E-state index in [9.17, 15) is 4.79 Å². The van der Waals surface area contributed by atoms with Crippen molar-refractivity contribution >= 4 is 17.0 Å². The molecule has 0 saturated carbocycles. The third-order valence-corrected chi connectivity index (χ3v) is 5.96. The Morgan fingerprint density at radius 3 is 2.09 bits per heavy atom. The quantitative estimate of drug-likeness (QED) is 0.335. The first-order valence-corrected chi connectivity index (χ1v) is 11.7. The van der Waals surface area contributed by atoms with Gasteiger partial charge in [-0.2, -0.15) is 0 Å². The first-order chi connectivity index (χ1) is 17.0. The normalized spacial score (nSPS) is 11.1. The van der Waals surface area contributed by atoms with Gasteiger partial charge in [-0.15, -0.1) is 0 Å². The molecule has 3 aromatic carbocycles. The van der Waals surface area contributed by atoms with Crippen LogP contribution in [0.1, 0.15) is 28.9 Å². The average molecular weight is 466 g/mol. The maximum Gasteiger partial charge on any atom is 0.328 e. The van der Waals surface area contributed by atoms with Gasteiger partial charge in [0, 0.05) is 0 Å². The lowest BCUT2D eigenvalue weighted by molar-refractivity contribution is 0.482. The summed E-state index contributed by atoms with van der Waals surface area (Å²) in [5.41, 5.74) is 10.2. The molecule has 0 atom stereocenters. The minimum absolute atomic E-state index is 0.268. The van der Waals surface area contributed by atoms with Crippen LogP contribution in [0.3, 0.4) is 0 Å². The summed E-state index contributed by atoms with van der Waals surface area (Å²) in [5, 5.41) is 0. The molecule has 5 aromatic rings. The molecule has 7 heteroatoms. The van der Waals surface area contributed by atoms with Crippen LogP contribution in [0.5, 0.6) is 11.5 Å². The number of nitrogen functional groups attached to an aromatic ring is 1. The first-order valence-electron chi connectivity index (χ1n) is 11.7. The minimum atomic E-state index is -0.268. The number of aromatic nitrogens is 4. The largest absolute Gasteiger partial charge is 0.457 e. The number of nitrogens with two attached hydrogens (primary N) is 1. The second-order valence-corrected chi connectivity index (χ2v) is 8.60. The monoisotopic (exact) mass is 465 g/mol. The maximum atomic E-state index is 12.4. The molecule has 0 fully saturated rings. The van der Waals surface area contributed by atoms with E-state index in [1.807, 2.05) is 42.5 Å².